The highest BCUT2D eigenvalue weighted by molar-refractivity contribution is 6.30. The maximum Gasteiger partial charge on any atom is 0.247 e. The topological polar surface area (TPSA) is 62.2 Å². The second-order valence-corrected chi connectivity index (χ2v) is 5.69. The van der Waals surface area contributed by atoms with Gasteiger partial charge < -0.3 is 0 Å². The van der Waals surface area contributed by atoms with Crippen LogP contribution in [0.15, 0.2) is 42.8 Å². The van der Waals surface area contributed by atoms with E-state index in [1.807, 2.05) is 18.2 Å². The van der Waals surface area contributed by atoms with Crippen molar-refractivity contribution in [2.75, 3.05) is 0 Å². The molecular weight excluding hydrogens is 276 g/mol. The first-order chi connectivity index (χ1) is 9.72. The number of halogens is 1. The molecule has 4 atom stereocenters. The molecule has 0 aromatic carbocycles. The number of allylic oxidation sites excluding steroid dienone is 4. The van der Waals surface area contributed by atoms with Gasteiger partial charge in [0.2, 0.25) is 5.91 Å². The summed E-state index contributed by atoms with van der Waals surface area (Å²) in [5.41, 5.74) is 2.73. The number of carbonyl (C=O) groups is 1. The molecule has 3 rings (SSSR count). The van der Waals surface area contributed by atoms with Crippen LogP contribution in [0, 0.1) is 17.8 Å². The van der Waals surface area contributed by atoms with E-state index < -0.39 is 0 Å². The molecule has 2 aliphatic carbocycles. The minimum Gasteiger partial charge on any atom is -0.289 e. The van der Waals surface area contributed by atoms with Gasteiger partial charge in [0.1, 0.15) is 0 Å². The first-order valence-electron chi connectivity index (χ1n) is 6.60. The lowest BCUT2D eigenvalue weighted by Gasteiger charge is -2.12. The number of carbonyl (C=O) groups excluding carboxylic acids is 1. The van der Waals surface area contributed by atoms with E-state index in [4.69, 9.17) is 16.8 Å². The van der Waals surface area contributed by atoms with E-state index in [1.54, 1.807) is 17.9 Å². The lowest BCUT2D eigenvalue weighted by atomic mass is 9.93. The number of aromatic nitrogens is 1. The Labute approximate surface area is 122 Å². The van der Waals surface area contributed by atoms with Crippen molar-refractivity contribution in [3.8, 4) is 0 Å². The molecule has 0 spiro atoms. The molecule has 1 amide bonds. The molecule has 5 heteroatoms. The van der Waals surface area contributed by atoms with E-state index in [0.29, 0.717) is 10.9 Å². The summed E-state index contributed by atoms with van der Waals surface area (Å²) in [6.07, 6.45) is 12.5. The summed E-state index contributed by atoms with van der Waals surface area (Å²) in [5.74, 6) is 0.00810. The van der Waals surface area contributed by atoms with Crippen molar-refractivity contribution < 1.29 is 10.0 Å². The fraction of sp³-hybridized carbons (Fsp3) is 0.333. The zero-order valence-electron chi connectivity index (χ0n) is 10.7. The number of amides is 1. The van der Waals surface area contributed by atoms with Crippen LogP contribution in [0.2, 0.25) is 5.02 Å². The van der Waals surface area contributed by atoms with Gasteiger partial charge in [-0.15, -0.1) is 0 Å². The summed E-state index contributed by atoms with van der Waals surface area (Å²) in [5, 5.41) is 9.47. The van der Waals surface area contributed by atoms with Gasteiger partial charge in [0, 0.05) is 18.3 Å². The van der Waals surface area contributed by atoms with Crippen molar-refractivity contribution in [1.82, 2.24) is 10.5 Å². The van der Waals surface area contributed by atoms with E-state index in [9.17, 15) is 4.79 Å². The lowest BCUT2D eigenvalue weighted by molar-refractivity contribution is -0.131. The summed E-state index contributed by atoms with van der Waals surface area (Å²) in [7, 11) is 0. The van der Waals surface area contributed by atoms with Crippen LogP contribution in [0.25, 0.3) is 0 Å². The number of hydrogen-bond donors (Lipinski definition) is 2. The van der Waals surface area contributed by atoms with Crippen LogP contribution in [0.3, 0.4) is 0 Å². The average Bonchev–Trinajstić information content (AvgIpc) is 3.23. The summed E-state index contributed by atoms with van der Waals surface area (Å²) in [6.45, 7) is 0. The predicted molar refractivity (Wildman–Crippen MR) is 75.3 cm³/mol. The molecule has 0 radical (unpaired) electrons. The molecule has 1 saturated carbocycles. The van der Waals surface area contributed by atoms with Crippen LogP contribution >= 0.6 is 11.6 Å². The molecule has 1 unspecified atom stereocenters. The monoisotopic (exact) mass is 290 g/mol. The third-order valence-electron chi connectivity index (χ3n) is 4.11. The number of nitrogens with one attached hydrogen (secondary N) is 1. The van der Waals surface area contributed by atoms with Crippen molar-refractivity contribution >= 4 is 17.5 Å². The number of rotatable bonds is 3. The highest BCUT2D eigenvalue weighted by Crippen LogP contribution is 2.59. The van der Waals surface area contributed by atoms with E-state index in [-0.39, 0.29) is 23.7 Å². The SMILES string of the molecule is O=C(NO)[C@H]1[C@H](c2cncc(Cl)c2)[C@H]1C1C=CC=CC1. The number of hydroxylamine groups is 1. The quantitative estimate of drug-likeness (QED) is 0.664. The van der Waals surface area contributed by atoms with Gasteiger partial charge in [0.15, 0.2) is 0 Å². The minimum absolute atomic E-state index is 0.0644. The van der Waals surface area contributed by atoms with Gasteiger partial charge in [0.25, 0.3) is 0 Å². The first kappa shape index (κ1) is 13.3. The van der Waals surface area contributed by atoms with Crippen molar-refractivity contribution in [1.29, 1.82) is 0 Å². The van der Waals surface area contributed by atoms with Gasteiger partial charge in [-0.3, -0.25) is 15.0 Å². The number of hydrogen-bond acceptors (Lipinski definition) is 3. The molecule has 0 bridgehead atoms. The molecule has 104 valence electrons. The van der Waals surface area contributed by atoms with Gasteiger partial charge in [-0.05, 0) is 29.9 Å². The summed E-state index contributed by atoms with van der Waals surface area (Å²) in [4.78, 5) is 15.9. The molecule has 4 nitrogen and oxygen atoms in total. The zero-order valence-corrected chi connectivity index (χ0v) is 11.5. The van der Waals surface area contributed by atoms with E-state index >= 15 is 0 Å². The van der Waals surface area contributed by atoms with E-state index in [2.05, 4.69) is 17.1 Å². The Morgan fingerprint density at radius 2 is 2.25 bits per heavy atom. The Morgan fingerprint density at radius 3 is 2.90 bits per heavy atom. The second kappa shape index (κ2) is 5.38. The lowest BCUT2D eigenvalue weighted by Crippen LogP contribution is -2.22. The Bertz CT molecular complexity index is 585. The molecule has 20 heavy (non-hydrogen) atoms. The molecular formula is C15H15ClN2O2. The second-order valence-electron chi connectivity index (χ2n) is 5.25. The van der Waals surface area contributed by atoms with Crippen LogP contribution in [-0.4, -0.2) is 16.1 Å². The third kappa shape index (κ3) is 2.37. The van der Waals surface area contributed by atoms with Gasteiger partial charge in [-0.25, -0.2) is 5.48 Å². The van der Waals surface area contributed by atoms with Gasteiger partial charge in [-0.2, -0.15) is 0 Å². The Balaban J connectivity index is 1.86. The van der Waals surface area contributed by atoms with Gasteiger partial charge >= 0.3 is 0 Å². The zero-order chi connectivity index (χ0) is 14.1. The third-order valence-corrected chi connectivity index (χ3v) is 4.31. The van der Waals surface area contributed by atoms with Crippen LogP contribution in [0.1, 0.15) is 17.9 Å². The van der Waals surface area contributed by atoms with Crippen LogP contribution < -0.4 is 5.48 Å². The Hall–Kier alpha value is -1.65. The summed E-state index contributed by atoms with van der Waals surface area (Å²) >= 11 is 5.97. The van der Waals surface area contributed by atoms with Crippen molar-refractivity contribution in [3.05, 3.63) is 53.4 Å². The Kier molecular flexibility index (Phi) is 3.59. The summed E-state index contributed by atoms with van der Waals surface area (Å²) < 4.78 is 0. The highest BCUT2D eigenvalue weighted by Gasteiger charge is 2.58. The summed E-state index contributed by atoms with van der Waals surface area (Å²) in [6, 6.07) is 1.85. The average molecular weight is 291 g/mol. The number of pyridine rings is 1. The fourth-order valence-corrected chi connectivity index (χ4v) is 3.39. The molecule has 1 heterocycles. The molecule has 2 aliphatic rings. The number of nitrogens with zero attached hydrogens (tertiary/aromatic N) is 1. The van der Waals surface area contributed by atoms with E-state index in [1.165, 1.54) is 0 Å². The fourth-order valence-electron chi connectivity index (χ4n) is 3.20. The van der Waals surface area contributed by atoms with Crippen LogP contribution in [-0.2, 0) is 4.79 Å². The normalized spacial score (nSPS) is 31.1. The van der Waals surface area contributed by atoms with Crippen molar-refractivity contribution in [2.45, 2.75) is 12.3 Å². The predicted octanol–water partition coefficient (Wildman–Crippen LogP) is 2.70. The van der Waals surface area contributed by atoms with Crippen molar-refractivity contribution in [3.63, 3.8) is 0 Å². The smallest absolute Gasteiger partial charge is 0.247 e. The maximum atomic E-state index is 11.8. The van der Waals surface area contributed by atoms with Gasteiger partial charge in [0.05, 0.1) is 10.9 Å². The highest BCUT2D eigenvalue weighted by atomic mass is 35.5. The van der Waals surface area contributed by atoms with E-state index in [0.717, 1.165) is 12.0 Å². The molecule has 0 aliphatic heterocycles. The first-order valence-corrected chi connectivity index (χ1v) is 6.98. The van der Waals surface area contributed by atoms with Gasteiger partial charge in [-0.1, -0.05) is 35.9 Å². The van der Waals surface area contributed by atoms with Crippen molar-refractivity contribution in [2.24, 2.45) is 17.8 Å². The largest absolute Gasteiger partial charge is 0.289 e. The van der Waals surface area contributed by atoms with Crippen LogP contribution in [0.5, 0.6) is 0 Å². The molecule has 1 aromatic heterocycles. The molecule has 1 aromatic rings. The molecule has 2 N–H and O–H groups in total. The molecule has 1 fully saturated rings. The maximum absolute atomic E-state index is 11.8. The van der Waals surface area contributed by atoms with Crippen LogP contribution in [0.4, 0.5) is 0 Å². The minimum atomic E-state index is -0.331. The Morgan fingerprint density at radius 1 is 1.40 bits per heavy atom. The standard InChI is InChI=1S/C15H15ClN2O2/c16-11-6-10(7-17-8-11)13-12(14(13)15(19)18-20)9-4-2-1-3-5-9/h1-4,6-9,12-14,20H,5H2,(H,18,19)/t9?,12-,13-,14-/m1/s1. The molecule has 0 saturated heterocycles.